The quantitative estimate of drug-likeness (QED) is 0.699. The van der Waals surface area contributed by atoms with Gasteiger partial charge >= 0.3 is 0 Å². The molecule has 5 heteroatoms. The zero-order chi connectivity index (χ0) is 10.2. The molecule has 0 aromatic heterocycles. The fourth-order valence-electron chi connectivity index (χ4n) is 1.39. The van der Waals surface area contributed by atoms with E-state index in [1.807, 2.05) is 0 Å². The Hall–Kier alpha value is -1.33. The van der Waals surface area contributed by atoms with Gasteiger partial charge in [-0.2, -0.15) is 0 Å². The van der Waals surface area contributed by atoms with Gasteiger partial charge in [0.2, 0.25) is 0 Å². The van der Waals surface area contributed by atoms with Gasteiger partial charge in [-0.3, -0.25) is 4.72 Å². The van der Waals surface area contributed by atoms with Gasteiger partial charge in [-0.25, -0.2) is 8.42 Å². The van der Waals surface area contributed by atoms with E-state index in [-0.39, 0.29) is 6.54 Å². The number of hydrogen-bond donors (Lipinski definition) is 2. The molecule has 1 aromatic carbocycles. The second kappa shape index (κ2) is 3.11. The summed E-state index contributed by atoms with van der Waals surface area (Å²) in [7, 11) is -3.40. The molecule has 1 aliphatic heterocycles. The van der Waals surface area contributed by atoms with Crippen LogP contribution in [0.1, 0.15) is 5.56 Å². The highest BCUT2D eigenvalue weighted by Gasteiger charge is 2.22. The summed E-state index contributed by atoms with van der Waals surface area (Å²) in [5.74, 6) is 0. The van der Waals surface area contributed by atoms with E-state index in [1.54, 1.807) is 30.3 Å². The molecule has 1 aliphatic rings. The normalized spacial score (nSPS) is 17.9. The second-order valence-corrected chi connectivity index (χ2v) is 4.67. The van der Waals surface area contributed by atoms with Crippen LogP contribution in [0.5, 0.6) is 0 Å². The van der Waals surface area contributed by atoms with Crippen LogP contribution in [0.25, 0.3) is 6.08 Å². The minimum Gasteiger partial charge on any atom is -0.325 e. The second-order valence-electron chi connectivity index (χ2n) is 3.02. The van der Waals surface area contributed by atoms with E-state index in [0.29, 0.717) is 16.2 Å². The van der Waals surface area contributed by atoms with Crippen LogP contribution in [0.4, 0.5) is 0 Å². The Bertz CT molecular complexity index is 491. The Morgan fingerprint density at radius 1 is 1.29 bits per heavy atom. The van der Waals surface area contributed by atoms with Gasteiger partial charge in [-0.1, -0.05) is 18.2 Å². The Kier molecular flexibility index (Phi) is 2.05. The van der Waals surface area contributed by atoms with Gasteiger partial charge in [-0.15, -0.1) is 0 Å². The molecular formula is C9H10N2O2S. The lowest BCUT2D eigenvalue weighted by atomic mass is 10.2. The van der Waals surface area contributed by atoms with Crippen LogP contribution in [0.2, 0.25) is 0 Å². The molecule has 2 rings (SSSR count). The van der Waals surface area contributed by atoms with Crippen LogP contribution >= 0.6 is 0 Å². The standard InChI is InChI=1S/C9H10N2O2S/c10-6-8-5-7-3-1-2-4-9(7)14(12,13)11-8/h1-5,11H,6,10H2. The summed E-state index contributed by atoms with van der Waals surface area (Å²) in [4.78, 5) is 0.303. The number of nitrogens with one attached hydrogen (secondary N) is 1. The van der Waals surface area contributed by atoms with Gasteiger partial charge in [-0.05, 0) is 17.7 Å². The lowest BCUT2D eigenvalue weighted by molar-refractivity contribution is 0.587. The van der Waals surface area contributed by atoms with Crippen LogP contribution in [-0.2, 0) is 10.0 Å². The van der Waals surface area contributed by atoms with Crippen molar-refractivity contribution in [3.8, 4) is 0 Å². The molecule has 0 saturated heterocycles. The van der Waals surface area contributed by atoms with Crippen molar-refractivity contribution in [2.75, 3.05) is 6.54 Å². The third-order valence-corrected chi connectivity index (χ3v) is 3.51. The summed E-state index contributed by atoms with van der Waals surface area (Å²) in [5, 5.41) is 0. The van der Waals surface area contributed by atoms with Gasteiger partial charge < -0.3 is 5.73 Å². The van der Waals surface area contributed by atoms with Crippen molar-refractivity contribution < 1.29 is 8.42 Å². The highest BCUT2D eigenvalue weighted by atomic mass is 32.2. The van der Waals surface area contributed by atoms with Crippen LogP contribution < -0.4 is 10.5 Å². The number of fused-ring (bicyclic) bond motifs is 1. The van der Waals surface area contributed by atoms with E-state index in [0.717, 1.165) is 0 Å². The first kappa shape index (κ1) is 9.23. The fraction of sp³-hybridized carbons (Fsp3) is 0.111. The van der Waals surface area contributed by atoms with Gasteiger partial charge in [0.25, 0.3) is 10.0 Å². The molecule has 0 spiro atoms. The van der Waals surface area contributed by atoms with Crippen molar-refractivity contribution in [2.24, 2.45) is 5.73 Å². The first-order valence-corrected chi connectivity index (χ1v) is 5.64. The summed E-state index contributed by atoms with van der Waals surface area (Å²) in [6.45, 7) is 0.188. The molecule has 0 atom stereocenters. The van der Waals surface area contributed by atoms with Crippen LogP contribution in [0, 0.1) is 0 Å². The highest BCUT2D eigenvalue weighted by molar-refractivity contribution is 7.89. The molecule has 0 fully saturated rings. The Morgan fingerprint density at radius 2 is 2.00 bits per heavy atom. The van der Waals surface area contributed by atoms with Crippen molar-refractivity contribution in [2.45, 2.75) is 4.90 Å². The third kappa shape index (κ3) is 1.40. The van der Waals surface area contributed by atoms with Crippen LogP contribution in [0.15, 0.2) is 34.9 Å². The first-order valence-electron chi connectivity index (χ1n) is 4.16. The zero-order valence-electron chi connectivity index (χ0n) is 7.40. The molecule has 1 heterocycles. The van der Waals surface area contributed by atoms with Crippen molar-refractivity contribution >= 4 is 16.1 Å². The molecule has 0 saturated carbocycles. The topological polar surface area (TPSA) is 72.2 Å². The van der Waals surface area contributed by atoms with E-state index >= 15 is 0 Å². The monoisotopic (exact) mass is 210 g/mol. The van der Waals surface area contributed by atoms with E-state index < -0.39 is 10.0 Å². The van der Waals surface area contributed by atoms with Crippen molar-refractivity contribution in [3.63, 3.8) is 0 Å². The van der Waals surface area contributed by atoms with Gasteiger partial charge in [0.15, 0.2) is 0 Å². The van der Waals surface area contributed by atoms with Gasteiger partial charge in [0, 0.05) is 12.2 Å². The van der Waals surface area contributed by atoms with E-state index in [1.165, 1.54) is 0 Å². The minimum absolute atomic E-state index is 0.188. The fourth-order valence-corrected chi connectivity index (χ4v) is 2.68. The zero-order valence-corrected chi connectivity index (χ0v) is 8.21. The summed E-state index contributed by atoms with van der Waals surface area (Å²) in [6, 6.07) is 6.81. The lowest BCUT2D eigenvalue weighted by Gasteiger charge is -2.17. The maximum absolute atomic E-state index is 11.6. The number of rotatable bonds is 1. The van der Waals surface area contributed by atoms with Crippen molar-refractivity contribution in [1.82, 2.24) is 4.72 Å². The average Bonchev–Trinajstić information content (AvgIpc) is 2.17. The summed E-state index contributed by atoms with van der Waals surface area (Å²) in [6.07, 6.45) is 1.75. The number of hydrogen-bond acceptors (Lipinski definition) is 3. The van der Waals surface area contributed by atoms with Gasteiger partial charge in [0.05, 0.1) is 4.90 Å². The van der Waals surface area contributed by atoms with Crippen LogP contribution in [-0.4, -0.2) is 15.0 Å². The Morgan fingerprint density at radius 3 is 2.71 bits per heavy atom. The maximum Gasteiger partial charge on any atom is 0.262 e. The predicted molar refractivity (Wildman–Crippen MR) is 53.8 cm³/mol. The first-order chi connectivity index (χ1) is 6.63. The molecule has 0 radical (unpaired) electrons. The average molecular weight is 210 g/mol. The number of benzene rings is 1. The largest absolute Gasteiger partial charge is 0.325 e. The Labute approximate surface area is 82.5 Å². The van der Waals surface area contributed by atoms with Gasteiger partial charge in [0.1, 0.15) is 0 Å². The summed E-state index contributed by atoms with van der Waals surface area (Å²) < 4.78 is 25.7. The SMILES string of the molecule is NCC1=Cc2ccccc2S(=O)(=O)N1. The number of sulfonamides is 1. The molecular weight excluding hydrogens is 200 g/mol. The molecule has 74 valence electrons. The summed E-state index contributed by atoms with van der Waals surface area (Å²) in [5.41, 5.74) is 6.59. The number of nitrogens with two attached hydrogens (primary N) is 1. The van der Waals surface area contributed by atoms with E-state index in [2.05, 4.69) is 4.72 Å². The van der Waals surface area contributed by atoms with Crippen LogP contribution in [0.3, 0.4) is 0 Å². The van der Waals surface area contributed by atoms with E-state index in [4.69, 9.17) is 5.73 Å². The predicted octanol–water partition coefficient (Wildman–Crippen LogP) is 0.278. The van der Waals surface area contributed by atoms with Crippen molar-refractivity contribution in [3.05, 3.63) is 35.5 Å². The lowest BCUT2D eigenvalue weighted by Crippen LogP contribution is -2.30. The highest BCUT2D eigenvalue weighted by Crippen LogP contribution is 2.22. The molecule has 1 aromatic rings. The molecule has 0 unspecified atom stereocenters. The Balaban J connectivity index is 2.67. The smallest absolute Gasteiger partial charge is 0.262 e. The van der Waals surface area contributed by atoms with E-state index in [9.17, 15) is 8.42 Å². The molecule has 0 bridgehead atoms. The minimum atomic E-state index is -3.40. The molecule has 0 amide bonds. The van der Waals surface area contributed by atoms with Crippen molar-refractivity contribution in [1.29, 1.82) is 0 Å². The summed E-state index contributed by atoms with van der Waals surface area (Å²) >= 11 is 0. The maximum atomic E-state index is 11.6. The molecule has 3 N–H and O–H groups in total. The molecule has 4 nitrogen and oxygen atoms in total. The molecule has 0 aliphatic carbocycles. The third-order valence-electron chi connectivity index (χ3n) is 2.02. The molecule has 14 heavy (non-hydrogen) atoms.